The van der Waals surface area contributed by atoms with Crippen molar-refractivity contribution in [3.8, 4) is 17.1 Å². The van der Waals surface area contributed by atoms with Gasteiger partial charge in [-0.15, -0.1) is 5.10 Å². The molecule has 0 saturated heterocycles. The second-order valence-electron chi connectivity index (χ2n) is 7.21. The summed E-state index contributed by atoms with van der Waals surface area (Å²) in [4.78, 5) is 26.0. The van der Waals surface area contributed by atoms with E-state index in [-0.39, 0.29) is 5.69 Å². The molecule has 0 aliphatic rings. The summed E-state index contributed by atoms with van der Waals surface area (Å²) in [5.41, 5.74) is 5.77. The molecule has 0 fully saturated rings. The lowest BCUT2D eigenvalue weighted by molar-refractivity contribution is 0.678. The quantitative estimate of drug-likeness (QED) is 0.432. The van der Waals surface area contributed by atoms with E-state index in [1.54, 1.807) is 29.3 Å². The number of fused-ring (bicyclic) bond motifs is 2. The number of nitrogens with zero attached hydrogens (tertiary/aromatic N) is 7. The lowest BCUT2D eigenvalue weighted by atomic mass is 10.2. The van der Waals surface area contributed by atoms with Crippen molar-refractivity contribution in [2.75, 3.05) is 0 Å². The van der Waals surface area contributed by atoms with Gasteiger partial charge in [0.2, 0.25) is 0 Å². The van der Waals surface area contributed by atoms with Crippen LogP contribution in [0.3, 0.4) is 0 Å². The second-order valence-corrected chi connectivity index (χ2v) is 7.65. The van der Waals surface area contributed by atoms with Crippen LogP contribution in [0.1, 0.15) is 5.69 Å². The van der Waals surface area contributed by atoms with E-state index in [2.05, 4.69) is 35.3 Å². The SMILES string of the molecule is O=c1[nH]c2ccc(-n3nnc4cnc(-c5ccnn5Cc5ccc(Cl)cn5)cc43)cc2[nH]1. The Morgan fingerprint density at radius 3 is 2.75 bits per heavy atom. The van der Waals surface area contributed by atoms with E-state index in [9.17, 15) is 4.79 Å². The second kappa shape index (κ2) is 7.13. The first-order valence-electron chi connectivity index (χ1n) is 9.70. The standard InChI is InChI=1S/C21H14ClN9O/c22-12-1-2-13(23-9-12)11-30-19(5-6-25-30)17-8-20-18(10-24-17)28-29-31(20)14-3-4-15-16(7-14)27-21(32)26-15/h1-10H,11H2,(H2,26,27,32). The molecule has 11 heteroatoms. The first-order chi connectivity index (χ1) is 15.6. The number of nitrogens with one attached hydrogen (secondary N) is 2. The number of benzene rings is 1. The number of rotatable bonds is 4. The van der Waals surface area contributed by atoms with Crippen LogP contribution in [0.2, 0.25) is 5.02 Å². The molecule has 0 unspecified atom stereocenters. The third kappa shape index (κ3) is 3.13. The van der Waals surface area contributed by atoms with Crippen LogP contribution in [0.15, 0.2) is 65.8 Å². The fourth-order valence-electron chi connectivity index (χ4n) is 3.64. The number of hydrogen-bond acceptors (Lipinski definition) is 6. The molecule has 5 aromatic heterocycles. The fourth-order valence-corrected chi connectivity index (χ4v) is 3.75. The molecule has 0 aliphatic carbocycles. The van der Waals surface area contributed by atoms with Crippen LogP contribution in [-0.4, -0.2) is 44.7 Å². The van der Waals surface area contributed by atoms with Gasteiger partial charge in [0.05, 0.1) is 57.1 Å². The zero-order valence-electron chi connectivity index (χ0n) is 16.4. The highest BCUT2D eigenvalue weighted by Gasteiger charge is 2.14. The van der Waals surface area contributed by atoms with Crippen molar-refractivity contribution >= 4 is 33.7 Å². The van der Waals surface area contributed by atoms with Crippen molar-refractivity contribution in [1.82, 2.24) is 44.7 Å². The van der Waals surface area contributed by atoms with Crippen molar-refractivity contribution in [3.63, 3.8) is 0 Å². The monoisotopic (exact) mass is 443 g/mol. The van der Waals surface area contributed by atoms with E-state index < -0.39 is 0 Å². The van der Waals surface area contributed by atoms with Gasteiger partial charge in [-0.3, -0.25) is 14.6 Å². The molecular weight excluding hydrogens is 430 g/mol. The Morgan fingerprint density at radius 1 is 0.969 bits per heavy atom. The molecule has 156 valence electrons. The van der Waals surface area contributed by atoms with Gasteiger partial charge in [-0.25, -0.2) is 9.48 Å². The van der Waals surface area contributed by atoms with E-state index in [0.717, 1.165) is 33.8 Å². The number of H-pyrrole nitrogens is 2. The molecule has 0 saturated carbocycles. The van der Waals surface area contributed by atoms with Crippen molar-refractivity contribution < 1.29 is 0 Å². The minimum atomic E-state index is -0.254. The molecule has 0 atom stereocenters. The first kappa shape index (κ1) is 18.5. The summed E-state index contributed by atoms with van der Waals surface area (Å²) >= 11 is 5.94. The highest BCUT2D eigenvalue weighted by Crippen LogP contribution is 2.24. The third-order valence-corrected chi connectivity index (χ3v) is 5.38. The van der Waals surface area contributed by atoms with Gasteiger partial charge in [0, 0.05) is 12.4 Å². The number of imidazole rings is 1. The van der Waals surface area contributed by atoms with E-state index in [1.807, 2.05) is 41.1 Å². The molecule has 5 heterocycles. The smallest absolute Gasteiger partial charge is 0.306 e. The summed E-state index contributed by atoms with van der Waals surface area (Å²) in [7, 11) is 0. The highest BCUT2D eigenvalue weighted by molar-refractivity contribution is 6.30. The fraction of sp³-hybridized carbons (Fsp3) is 0.0476. The Hall–Kier alpha value is -4.31. The van der Waals surface area contributed by atoms with Crippen LogP contribution in [-0.2, 0) is 6.54 Å². The van der Waals surface area contributed by atoms with Crippen LogP contribution >= 0.6 is 11.6 Å². The molecule has 10 nitrogen and oxygen atoms in total. The number of aromatic amines is 2. The van der Waals surface area contributed by atoms with Crippen molar-refractivity contribution in [1.29, 1.82) is 0 Å². The topological polar surface area (TPSA) is 123 Å². The lowest BCUT2D eigenvalue weighted by Gasteiger charge is -2.08. The summed E-state index contributed by atoms with van der Waals surface area (Å²) in [5.74, 6) is 0. The Bertz CT molecular complexity index is 1640. The molecule has 0 bridgehead atoms. The molecule has 6 rings (SSSR count). The zero-order chi connectivity index (χ0) is 21.7. The van der Waals surface area contributed by atoms with Gasteiger partial charge >= 0.3 is 5.69 Å². The van der Waals surface area contributed by atoms with Crippen molar-refractivity contribution in [2.45, 2.75) is 6.54 Å². The normalized spacial score (nSPS) is 11.5. The molecule has 1 aromatic carbocycles. The molecule has 0 amide bonds. The molecule has 0 aliphatic heterocycles. The molecule has 2 N–H and O–H groups in total. The molecular formula is C21H14ClN9O. The highest BCUT2D eigenvalue weighted by atomic mass is 35.5. The summed E-state index contributed by atoms with van der Waals surface area (Å²) in [6, 6.07) is 13.0. The zero-order valence-corrected chi connectivity index (χ0v) is 17.2. The summed E-state index contributed by atoms with van der Waals surface area (Å²) in [6.45, 7) is 0.480. The molecule has 6 aromatic rings. The minimum Gasteiger partial charge on any atom is -0.306 e. The van der Waals surface area contributed by atoms with Crippen LogP contribution in [0, 0.1) is 0 Å². The maximum atomic E-state index is 11.6. The van der Waals surface area contributed by atoms with Gasteiger partial charge in [0.25, 0.3) is 0 Å². The van der Waals surface area contributed by atoms with Gasteiger partial charge in [-0.1, -0.05) is 16.8 Å². The van der Waals surface area contributed by atoms with Gasteiger partial charge < -0.3 is 9.97 Å². The van der Waals surface area contributed by atoms with Crippen LogP contribution in [0.4, 0.5) is 0 Å². The van der Waals surface area contributed by atoms with Gasteiger partial charge in [-0.05, 0) is 42.5 Å². The average molecular weight is 444 g/mol. The number of aromatic nitrogens is 9. The van der Waals surface area contributed by atoms with Crippen molar-refractivity contribution in [3.05, 3.63) is 82.3 Å². The Balaban J connectivity index is 1.42. The number of pyridine rings is 2. The average Bonchev–Trinajstić information content (AvgIpc) is 3.51. The third-order valence-electron chi connectivity index (χ3n) is 5.16. The maximum absolute atomic E-state index is 11.6. The lowest BCUT2D eigenvalue weighted by Crippen LogP contribution is -2.06. The van der Waals surface area contributed by atoms with E-state index >= 15 is 0 Å². The van der Waals surface area contributed by atoms with E-state index in [0.29, 0.717) is 22.6 Å². The number of hydrogen-bond donors (Lipinski definition) is 2. The van der Waals surface area contributed by atoms with Crippen LogP contribution in [0.5, 0.6) is 0 Å². The summed E-state index contributed by atoms with van der Waals surface area (Å²) in [5, 5.41) is 13.5. The predicted octanol–water partition coefficient (Wildman–Crippen LogP) is 2.95. The summed E-state index contributed by atoms with van der Waals surface area (Å²) in [6.07, 6.45) is 5.02. The molecule has 0 radical (unpaired) electrons. The Labute approximate surface area is 184 Å². The van der Waals surface area contributed by atoms with Crippen molar-refractivity contribution in [2.24, 2.45) is 0 Å². The van der Waals surface area contributed by atoms with Crippen LogP contribution in [0.25, 0.3) is 39.1 Å². The predicted molar refractivity (Wildman–Crippen MR) is 119 cm³/mol. The van der Waals surface area contributed by atoms with Gasteiger partial charge in [0.1, 0.15) is 5.52 Å². The Kier molecular flexibility index (Phi) is 4.12. The van der Waals surface area contributed by atoms with E-state index in [1.165, 1.54) is 0 Å². The van der Waals surface area contributed by atoms with Gasteiger partial charge in [-0.2, -0.15) is 5.10 Å². The van der Waals surface area contributed by atoms with E-state index in [4.69, 9.17) is 11.6 Å². The Morgan fingerprint density at radius 2 is 1.88 bits per heavy atom. The molecule has 32 heavy (non-hydrogen) atoms. The largest absolute Gasteiger partial charge is 0.323 e. The summed E-state index contributed by atoms with van der Waals surface area (Å²) < 4.78 is 3.54. The maximum Gasteiger partial charge on any atom is 0.323 e. The van der Waals surface area contributed by atoms with Crippen LogP contribution < -0.4 is 5.69 Å². The van der Waals surface area contributed by atoms with Gasteiger partial charge in [0.15, 0.2) is 0 Å². The molecule has 0 spiro atoms. The first-order valence-corrected chi connectivity index (χ1v) is 10.1. The minimum absolute atomic E-state index is 0.254. The number of halogens is 1.